The van der Waals surface area contributed by atoms with Crippen LogP contribution in [0.3, 0.4) is 0 Å². The van der Waals surface area contributed by atoms with E-state index < -0.39 is 6.04 Å². The highest BCUT2D eigenvalue weighted by atomic mass is 19.1. The van der Waals surface area contributed by atoms with Crippen molar-refractivity contribution in [2.45, 2.75) is 25.8 Å². The number of carbonyl (C=O) groups excluding carboxylic acids is 1. The summed E-state index contributed by atoms with van der Waals surface area (Å²) in [5, 5.41) is 22.7. The minimum Gasteiger partial charge on any atom is -0.396 e. The van der Waals surface area contributed by atoms with Crippen molar-refractivity contribution in [3.8, 4) is 0 Å². The van der Waals surface area contributed by atoms with Crippen LogP contribution in [0.2, 0.25) is 0 Å². The van der Waals surface area contributed by atoms with E-state index in [-0.39, 0.29) is 24.8 Å². The Labute approximate surface area is 127 Å². The van der Waals surface area contributed by atoms with Gasteiger partial charge in [0.1, 0.15) is 17.7 Å². The monoisotopic (exact) mass is 307 g/mol. The molecule has 1 heterocycles. The smallest absolute Gasteiger partial charge is 0.245 e. The highest BCUT2D eigenvalue weighted by molar-refractivity contribution is 5.80. The molecule has 0 fully saturated rings. The van der Waals surface area contributed by atoms with E-state index in [9.17, 15) is 9.18 Å². The van der Waals surface area contributed by atoms with Gasteiger partial charge >= 0.3 is 0 Å². The first kappa shape index (κ1) is 16.0. The molecule has 2 N–H and O–H groups in total. The molecule has 1 amide bonds. The van der Waals surface area contributed by atoms with E-state index in [1.54, 1.807) is 19.1 Å². The first-order chi connectivity index (χ1) is 10.6. The third-order valence-electron chi connectivity index (χ3n) is 3.21. The van der Waals surface area contributed by atoms with E-state index in [4.69, 9.17) is 5.11 Å². The molecule has 2 aromatic rings. The van der Waals surface area contributed by atoms with Gasteiger partial charge in [-0.25, -0.2) is 9.07 Å². The van der Waals surface area contributed by atoms with Crippen LogP contribution in [0.15, 0.2) is 24.3 Å². The Morgan fingerprint density at radius 2 is 2.32 bits per heavy atom. The molecule has 1 aromatic carbocycles. The molecule has 2 rings (SSSR count). The molecule has 0 saturated heterocycles. The Hall–Kier alpha value is -2.35. The standard InChI is InChI=1S/C14H18FN5O2/c1-10-17-18-19-20(10)13(14(22)16-6-3-7-21)9-11-4-2-5-12(15)8-11/h2,4-5,8,13,21H,3,6-7,9H2,1H3,(H,16,22)/t13-/m0/s1. The molecule has 0 aliphatic rings. The summed E-state index contributed by atoms with van der Waals surface area (Å²) in [7, 11) is 0. The number of hydrogen-bond acceptors (Lipinski definition) is 5. The second-order valence-electron chi connectivity index (χ2n) is 4.89. The SMILES string of the molecule is Cc1nnnn1[C@@H](Cc1cccc(F)c1)C(=O)NCCCO. The van der Waals surface area contributed by atoms with E-state index in [0.29, 0.717) is 24.4 Å². The number of halogens is 1. The average Bonchev–Trinajstić information content (AvgIpc) is 2.91. The Balaban J connectivity index is 2.18. The van der Waals surface area contributed by atoms with Gasteiger partial charge in [0, 0.05) is 19.6 Å². The number of rotatable bonds is 7. The molecule has 1 aromatic heterocycles. The topological polar surface area (TPSA) is 92.9 Å². The second kappa shape index (κ2) is 7.60. The highest BCUT2D eigenvalue weighted by Gasteiger charge is 2.24. The van der Waals surface area contributed by atoms with E-state index in [1.165, 1.54) is 16.8 Å². The molecule has 0 spiro atoms. The molecule has 8 heteroatoms. The molecule has 1 atom stereocenters. The first-order valence-electron chi connectivity index (χ1n) is 6.99. The number of aromatic nitrogens is 4. The van der Waals surface area contributed by atoms with Crippen LogP contribution in [0.4, 0.5) is 4.39 Å². The lowest BCUT2D eigenvalue weighted by atomic mass is 10.0. The van der Waals surface area contributed by atoms with Crippen LogP contribution in [0.1, 0.15) is 23.9 Å². The fraction of sp³-hybridized carbons (Fsp3) is 0.429. The lowest BCUT2D eigenvalue weighted by Gasteiger charge is -2.17. The molecule has 0 bridgehead atoms. The van der Waals surface area contributed by atoms with Gasteiger partial charge in [0.15, 0.2) is 0 Å². The van der Waals surface area contributed by atoms with Crippen LogP contribution in [0.25, 0.3) is 0 Å². The predicted octanol–water partition coefficient (Wildman–Crippen LogP) is 0.403. The van der Waals surface area contributed by atoms with Gasteiger partial charge in [-0.15, -0.1) is 5.10 Å². The van der Waals surface area contributed by atoms with E-state index in [0.717, 1.165) is 0 Å². The predicted molar refractivity (Wildman–Crippen MR) is 76.4 cm³/mol. The number of nitrogens with one attached hydrogen (secondary N) is 1. The normalized spacial score (nSPS) is 12.1. The Bertz CT molecular complexity index is 631. The van der Waals surface area contributed by atoms with Crippen LogP contribution in [0, 0.1) is 12.7 Å². The van der Waals surface area contributed by atoms with E-state index in [2.05, 4.69) is 20.8 Å². The van der Waals surface area contributed by atoms with Crippen molar-refractivity contribution in [3.63, 3.8) is 0 Å². The third-order valence-corrected chi connectivity index (χ3v) is 3.21. The summed E-state index contributed by atoms with van der Waals surface area (Å²) in [6.07, 6.45) is 0.738. The third kappa shape index (κ3) is 4.08. The summed E-state index contributed by atoms with van der Waals surface area (Å²) in [6.45, 7) is 2.05. The van der Waals surface area contributed by atoms with Crippen molar-refractivity contribution in [1.29, 1.82) is 0 Å². The number of hydrogen-bond donors (Lipinski definition) is 2. The van der Waals surface area contributed by atoms with Crippen molar-refractivity contribution in [1.82, 2.24) is 25.5 Å². The molecule has 118 valence electrons. The maximum atomic E-state index is 13.3. The Morgan fingerprint density at radius 3 is 2.95 bits per heavy atom. The summed E-state index contributed by atoms with van der Waals surface area (Å²) >= 11 is 0. The fourth-order valence-corrected chi connectivity index (χ4v) is 2.11. The summed E-state index contributed by atoms with van der Waals surface area (Å²) in [4.78, 5) is 12.4. The quantitative estimate of drug-likeness (QED) is 0.722. The zero-order valence-electron chi connectivity index (χ0n) is 12.2. The average molecular weight is 307 g/mol. The van der Waals surface area contributed by atoms with Gasteiger partial charge in [0.25, 0.3) is 0 Å². The van der Waals surface area contributed by atoms with Gasteiger partial charge in [-0.05, 0) is 41.5 Å². The van der Waals surface area contributed by atoms with Crippen molar-refractivity contribution in [2.75, 3.05) is 13.2 Å². The second-order valence-corrected chi connectivity index (χ2v) is 4.89. The maximum absolute atomic E-state index is 13.3. The van der Waals surface area contributed by atoms with Crippen molar-refractivity contribution >= 4 is 5.91 Å². The molecule has 22 heavy (non-hydrogen) atoms. The van der Waals surface area contributed by atoms with Crippen molar-refractivity contribution in [3.05, 3.63) is 41.5 Å². The van der Waals surface area contributed by atoms with Gasteiger partial charge in [0.05, 0.1) is 0 Å². The Morgan fingerprint density at radius 1 is 1.50 bits per heavy atom. The summed E-state index contributed by atoms with van der Waals surface area (Å²) in [5.41, 5.74) is 0.678. The summed E-state index contributed by atoms with van der Waals surface area (Å²) in [6, 6.07) is 5.40. The Kier molecular flexibility index (Phi) is 5.54. The molecular weight excluding hydrogens is 289 g/mol. The molecule has 0 unspecified atom stereocenters. The zero-order valence-corrected chi connectivity index (χ0v) is 12.2. The van der Waals surface area contributed by atoms with Crippen molar-refractivity contribution < 1.29 is 14.3 Å². The van der Waals surface area contributed by atoms with Gasteiger partial charge in [-0.2, -0.15) is 0 Å². The molecule has 0 aliphatic heterocycles. The largest absolute Gasteiger partial charge is 0.396 e. The lowest BCUT2D eigenvalue weighted by molar-refractivity contribution is -0.124. The van der Waals surface area contributed by atoms with Crippen LogP contribution >= 0.6 is 0 Å². The number of benzene rings is 1. The number of aliphatic hydroxyl groups is 1. The van der Waals surface area contributed by atoms with Crippen LogP contribution in [-0.4, -0.2) is 44.4 Å². The van der Waals surface area contributed by atoms with Gasteiger partial charge in [-0.1, -0.05) is 12.1 Å². The van der Waals surface area contributed by atoms with Crippen LogP contribution in [0.5, 0.6) is 0 Å². The van der Waals surface area contributed by atoms with Crippen LogP contribution in [-0.2, 0) is 11.2 Å². The van der Waals surface area contributed by atoms with Gasteiger partial charge < -0.3 is 10.4 Å². The lowest BCUT2D eigenvalue weighted by Crippen LogP contribution is -2.35. The first-order valence-corrected chi connectivity index (χ1v) is 6.99. The van der Waals surface area contributed by atoms with Gasteiger partial charge in [0.2, 0.25) is 5.91 Å². The minimum atomic E-state index is -0.671. The minimum absolute atomic E-state index is 0.00124. The number of tetrazole rings is 1. The highest BCUT2D eigenvalue weighted by Crippen LogP contribution is 2.16. The zero-order chi connectivity index (χ0) is 15.9. The number of aliphatic hydroxyl groups excluding tert-OH is 1. The number of aryl methyl sites for hydroxylation is 1. The maximum Gasteiger partial charge on any atom is 0.245 e. The molecule has 0 aliphatic carbocycles. The van der Waals surface area contributed by atoms with E-state index in [1.807, 2.05) is 0 Å². The van der Waals surface area contributed by atoms with Crippen LogP contribution < -0.4 is 5.32 Å². The van der Waals surface area contributed by atoms with Gasteiger partial charge in [-0.3, -0.25) is 4.79 Å². The summed E-state index contributed by atoms with van der Waals surface area (Å²) in [5.74, 6) is -0.128. The number of nitrogens with zero attached hydrogens (tertiary/aromatic N) is 4. The van der Waals surface area contributed by atoms with E-state index >= 15 is 0 Å². The van der Waals surface area contributed by atoms with Crippen molar-refractivity contribution in [2.24, 2.45) is 0 Å². The summed E-state index contributed by atoms with van der Waals surface area (Å²) < 4.78 is 14.7. The number of carbonyl (C=O) groups is 1. The molecule has 7 nitrogen and oxygen atoms in total. The molecule has 0 radical (unpaired) electrons. The molecule has 0 saturated carbocycles. The molecular formula is C14H18FN5O2. The number of amides is 1. The fourth-order valence-electron chi connectivity index (χ4n) is 2.11.